The van der Waals surface area contributed by atoms with Crippen molar-refractivity contribution in [1.29, 1.82) is 0 Å². The molecule has 0 amide bonds. The molecule has 0 aliphatic rings. The zero-order valence-corrected chi connectivity index (χ0v) is 11.6. The topological polar surface area (TPSA) is 86.1 Å². The number of anilines is 3. The largest absolute Gasteiger partial charge is 0.399 e. The number of aromatic nitrogens is 5. The van der Waals surface area contributed by atoms with Gasteiger partial charge in [0.1, 0.15) is 12.1 Å². The van der Waals surface area contributed by atoms with Gasteiger partial charge in [0.25, 0.3) is 0 Å². The summed E-state index contributed by atoms with van der Waals surface area (Å²) in [6.07, 6.45) is 5.32. The predicted octanol–water partition coefficient (Wildman–Crippen LogP) is 2.24. The van der Waals surface area contributed by atoms with E-state index in [0.717, 1.165) is 22.8 Å². The Hall–Kier alpha value is -3.35. The molecule has 4 aromatic rings. The number of nitrogens with one attached hydrogen (secondary N) is 1. The minimum atomic E-state index is 0.525. The minimum Gasteiger partial charge on any atom is -0.399 e. The number of rotatable bonds is 3. The van der Waals surface area contributed by atoms with Crippen molar-refractivity contribution in [3.8, 4) is 5.82 Å². The Morgan fingerprint density at radius 3 is 2.68 bits per heavy atom. The number of fused-ring (bicyclic) bond motifs is 1. The first-order chi connectivity index (χ1) is 10.8. The summed E-state index contributed by atoms with van der Waals surface area (Å²) in [6, 6.07) is 13.2. The highest BCUT2D eigenvalue weighted by atomic mass is 15.4. The Labute approximate surface area is 126 Å². The van der Waals surface area contributed by atoms with Crippen LogP contribution in [0.1, 0.15) is 0 Å². The number of nitrogens with zero attached hydrogens (tertiary/aromatic N) is 5. The molecule has 7 nitrogen and oxygen atoms in total. The molecular formula is C15H13N7. The molecule has 108 valence electrons. The first-order valence-electron chi connectivity index (χ1n) is 6.76. The van der Waals surface area contributed by atoms with Crippen LogP contribution in [0.15, 0.2) is 61.2 Å². The van der Waals surface area contributed by atoms with E-state index in [1.807, 2.05) is 53.2 Å². The van der Waals surface area contributed by atoms with Crippen LogP contribution in [0.25, 0.3) is 11.5 Å². The average molecular weight is 291 g/mol. The second-order valence-electron chi connectivity index (χ2n) is 4.81. The summed E-state index contributed by atoms with van der Waals surface area (Å²) in [5.41, 5.74) is 8.04. The zero-order chi connectivity index (χ0) is 14.9. The molecule has 0 aliphatic carbocycles. The van der Waals surface area contributed by atoms with Crippen molar-refractivity contribution in [2.24, 2.45) is 0 Å². The lowest BCUT2D eigenvalue weighted by molar-refractivity contribution is 0.870. The standard InChI is InChI=1S/C15H13N7/c16-11-4-6-12(7-5-11)18-15-19-13-2-1-3-14(22(13)20-15)21-9-8-17-10-21/h1-10H,16H2,(H,18,20). The molecule has 0 atom stereocenters. The van der Waals surface area contributed by atoms with E-state index in [-0.39, 0.29) is 0 Å². The molecule has 22 heavy (non-hydrogen) atoms. The molecule has 0 unspecified atom stereocenters. The van der Waals surface area contributed by atoms with Crippen LogP contribution in [-0.2, 0) is 0 Å². The maximum atomic E-state index is 5.68. The van der Waals surface area contributed by atoms with Gasteiger partial charge in [-0.05, 0) is 36.4 Å². The van der Waals surface area contributed by atoms with Gasteiger partial charge in [-0.2, -0.15) is 9.50 Å². The van der Waals surface area contributed by atoms with E-state index >= 15 is 0 Å². The first kappa shape index (κ1) is 12.4. The molecule has 0 spiro atoms. The maximum Gasteiger partial charge on any atom is 0.247 e. The number of benzene rings is 1. The third-order valence-corrected chi connectivity index (χ3v) is 3.28. The van der Waals surface area contributed by atoms with Crippen LogP contribution < -0.4 is 11.1 Å². The molecule has 3 aromatic heterocycles. The fourth-order valence-corrected chi connectivity index (χ4v) is 2.23. The van der Waals surface area contributed by atoms with Crippen molar-refractivity contribution in [2.75, 3.05) is 11.1 Å². The monoisotopic (exact) mass is 291 g/mol. The Morgan fingerprint density at radius 1 is 1.05 bits per heavy atom. The van der Waals surface area contributed by atoms with E-state index in [0.29, 0.717) is 5.95 Å². The summed E-state index contributed by atoms with van der Waals surface area (Å²) in [6.45, 7) is 0. The third kappa shape index (κ3) is 2.14. The number of pyridine rings is 1. The molecule has 7 heteroatoms. The highest BCUT2D eigenvalue weighted by molar-refractivity contribution is 5.59. The van der Waals surface area contributed by atoms with Crippen LogP contribution in [-0.4, -0.2) is 24.1 Å². The number of nitrogens with two attached hydrogens (primary N) is 1. The molecular weight excluding hydrogens is 278 g/mol. The van der Waals surface area contributed by atoms with Gasteiger partial charge in [-0.25, -0.2) is 4.98 Å². The molecule has 0 radical (unpaired) electrons. The Balaban J connectivity index is 1.74. The summed E-state index contributed by atoms with van der Waals surface area (Å²) < 4.78 is 3.65. The van der Waals surface area contributed by atoms with Gasteiger partial charge in [0.2, 0.25) is 5.95 Å². The van der Waals surface area contributed by atoms with Crippen molar-refractivity contribution in [1.82, 2.24) is 24.1 Å². The predicted molar refractivity (Wildman–Crippen MR) is 84.2 cm³/mol. The van der Waals surface area contributed by atoms with E-state index in [1.165, 1.54) is 0 Å². The molecule has 0 saturated heterocycles. The Kier molecular flexibility index (Phi) is 2.75. The van der Waals surface area contributed by atoms with Crippen LogP contribution >= 0.6 is 0 Å². The maximum absolute atomic E-state index is 5.68. The minimum absolute atomic E-state index is 0.525. The van der Waals surface area contributed by atoms with Gasteiger partial charge >= 0.3 is 0 Å². The summed E-state index contributed by atoms with van der Waals surface area (Å²) in [5, 5.41) is 7.67. The number of imidazole rings is 1. The van der Waals surface area contributed by atoms with E-state index in [2.05, 4.69) is 20.4 Å². The van der Waals surface area contributed by atoms with Gasteiger partial charge in [-0.15, -0.1) is 5.10 Å². The van der Waals surface area contributed by atoms with E-state index in [4.69, 9.17) is 5.73 Å². The van der Waals surface area contributed by atoms with Crippen LogP contribution in [0.4, 0.5) is 17.3 Å². The van der Waals surface area contributed by atoms with Gasteiger partial charge < -0.3 is 11.1 Å². The first-order valence-corrected chi connectivity index (χ1v) is 6.76. The number of hydrogen-bond donors (Lipinski definition) is 2. The van der Waals surface area contributed by atoms with Gasteiger partial charge in [-0.1, -0.05) is 6.07 Å². The highest BCUT2D eigenvalue weighted by Gasteiger charge is 2.08. The normalized spacial score (nSPS) is 10.9. The lowest BCUT2D eigenvalue weighted by Gasteiger charge is -2.03. The van der Waals surface area contributed by atoms with Crippen LogP contribution in [0.3, 0.4) is 0 Å². The average Bonchev–Trinajstić information content (AvgIpc) is 3.18. The highest BCUT2D eigenvalue weighted by Crippen LogP contribution is 2.17. The van der Waals surface area contributed by atoms with Gasteiger partial charge in [0.05, 0.1) is 0 Å². The quantitative estimate of drug-likeness (QED) is 0.565. The SMILES string of the molecule is Nc1ccc(Nc2nc3cccc(-n4ccnc4)n3n2)cc1. The van der Waals surface area contributed by atoms with Crippen molar-refractivity contribution in [2.45, 2.75) is 0 Å². The summed E-state index contributed by atoms with van der Waals surface area (Å²) in [5.74, 6) is 1.39. The second-order valence-corrected chi connectivity index (χ2v) is 4.81. The lowest BCUT2D eigenvalue weighted by Crippen LogP contribution is -2.01. The van der Waals surface area contributed by atoms with Gasteiger partial charge in [0.15, 0.2) is 5.65 Å². The zero-order valence-electron chi connectivity index (χ0n) is 11.6. The molecule has 0 bridgehead atoms. The van der Waals surface area contributed by atoms with Crippen LogP contribution in [0.2, 0.25) is 0 Å². The summed E-state index contributed by atoms with van der Waals surface area (Å²) >= 11 is 0. The van der Waals surface area contributed by atoms with E-state index < -0.39 is 0 Å². The lowest BCUT2D eigenvalue weighted by atomic mass is 10.3. The fraction of sp³-hybridized carbons (Fsp3) is 0. The van der Waals surface area contributed by atoms with Gasteiger partial charge in [-0.3, -0.25) is 4.57 Å². The number of nitrogen functional groups attached to an aromatic ring is 1. The molecule has 0 aliphatic heterocycles. The van der Waals surface area contributed by atoms with E-state index in [9.17, 15) is 0 Å². The van der Waals surface area contributed by atoms with Crippen molar-refractivity contribution < 1.29 is 0 Å². The second kappa shape index (κ2) is 4.88. The van der Waals surface area contributed by atoms with E-state index in [1.54, 1.807) is 17.0 Å². The molecule has 4 rings (SSSR count). The molecule has 3 N–H and O–H groups in total. The summed E-state index contributed by atoms with van der Waals surface area (Å²) in [7, 11) is 0. The van der Waals surface area contributed by atoms with Crippen molar-refractivity contribution in [3.63, 3.8) is 0 Å². The molecule has 1 aromatic carbocycles. The molecule has 0 fully saturated rings. The number of hydrogen-bond acceptors (Lipinski definition) is 5. The fourth-order valence-electron chi connectivity index (χ4n) is 2.23. The van der Waals surface area contributed by atoms with Crippen molar-refractivity contribution in [3.05, 3.63) is 61.2 Å². The van der Waals surface area contributed by atoms with Gasteiger partial charge in [0, 0.05) is 23.8 Å². The van der Waals surface area contributed by atoms with Crippen molar-refractivity contribution >= 4 is 23.0 Å². The molecule has 3 heterocycles. The molecule has 0 saturated carbocycles. The summed E-state index contributed by atoms with van der Waals surface area (Å²) in [4.78, 5) is 8.54. The Bertz CT molecular complexity index is 907. The third-order valence-electron chi connectivity index (χ3n) is 3.28. The Morgan fingerprint density at radius 2 is 1.91 bits per heavy atom. The van der Waals surface area contributed by atoms with Crippen LogP contribution in [0, 0.1) is 0 Å². The van der Waals surface area contributed by atoms with Crippen LogP contribution in [0.5, 0.6) is 0 Å². The smallest absolute Gasteiger partial charge is 0.247 e.